The molecule has 4 rings (SSSR count). The summed E-state index contributed by atoms with van der Waals surface area (Å²) < 4.78 is 1.27. The molecule has 198 valence electrons. The number of carbonyl (C=O) groups is 1. The zero-order valence-electron chi connectivity index (χ0n) is 22.4. The van der Waals surface area contributed by atoms with Crippen molar-refractivity contribution in [3.63, 3.8) is 0 Å². The highest BCUT2D eigenvalue weighted by molar-refractivity contribution is 8.01. The molecule has 1 N–H and O–H groups in total. The van der Waals surface area contributed by atoms with Crippen molar-refractivity contribution in [1.82, 2.24) is 9.88 Å². The topological polar surface area (TPSA) is 45.2 Å². The SMILES string of the molecule is Cc1nc(NC(=O)CC[C@@H](C2CCCCCC2)C2CCC(C)CC2)sc1SCCN1CCCCC1. The zero-order valence-corrected chi connectivity index (χ0v) is 24.0. The number of likely N-dealkylation sites (tertiary alicyclic amines) is 1. The highest BCUT2D eigenvalue weighted by Gasteiger charge is 2.32. The van der Waals surface area contributed by atoms with Gasteiger partial charge in [0.15, 0.2) is 5.13 Å². The predicted molar refractivity (Wildman–Crippen MR) is 152 cm³/mol. The molecule has 3 fully saturated rings. The van der Waals surface area contributed by atoms with Crippen molar-refractivity contribution in [2.75, 3.05) is 30.7 Å². The van der Waals surface area contributed by atoms with Gasteiger partial charge >= 0.3 is 0 Å². The van der Waals surface area contributed by atoms with E-state index >= 15 is 0 Å². The summed E-state index contributed by atoms with van der Waals surface area (Å²) >= 11 is 3.58. The Bertz CT molecular complexity index is 760. The molecule has 3 aliphatic rings. The van der Waals surface area contributed by atoms with Gasteiger partial charge < -0.3 is 10.2 Å². The second-order valence-corrected chi connectivity index (χ2v) is 14.0. The van der Waals surface area contributed by atoms with Crippen LogP contribution in [0.1, 0.15) is 109 Å². The Labute approximate surface area is 222 Å². The van der Waals surface area contributed by atoms with Gasteiger partial charge in [-0.05, 0) is 75.8 Å². The molecule has 2 aliphatic carbocycles. The van der Waals surface area contributed by atoms with E-state index in [4.69, 9.17) is 4.98 Å². The standard InChI is InChI=1S/C29H49N3OS2/c1-22-12-14-25(15-13-22)26(24-10-6-3-4-7-11-24)16-17-27(33)31-29-30-23(2)28(35-29)34-21-20-32-18-8-5-9-19-32/h22,24-26H,3-21H2,1-2H3,(H,30,31,33)/t22?,25?,26-/m0/s1. The molecule has 1 amide bonds. The van der Waals surface area contributed by atoms with E-state index in [9.17, 15) is 4.79 Å². The first-order valence-corrected chi connectivity index (χ1v) is 16.5. The van der Waals surface area contributed by atoms with Crippen LogP contribution in [0.4, 0.5) is 5.13 Å². The van der Waals surface area contributed by atoms with Crippen LogP contribution >= 0.6 is 23.1 Å². The third-order valence-electron chi connectivity index (χ3n) is 8.97. The van der Waals surface area contributed by atoms with Crippen molar-refractivity contribution in [1.29, 1.82) is 0 Å². The molecule has 0 unspecified atom stereocenters. The first-order chi connectivity index (χ1) is 17.1. The lowest BCUT2D eigenvalue weighted by molar-refractivity contribution is -0.116. The molecule has 1 atom stereocenters. The van der Waals surface area contributed by atoms with E-state index in [1.54, 1.807) is 11.3 Å². The number of nitrogens with one attached hydrogen (secondary N) is 1. The maximum Gasteiger partial charge on any atom is 0.226 e. The molecule has 35 heavy (non-hydrogen) atoms. The molecule has 0 bridgehead atoms. The van der Waals surface area contributed by atoms with Gasteiger partial charge in [-0.1, -0.05) is 76.0 Å². The largest absolute Gasteiger partial charge is 0.303 e. The fourth-order valence-corrected chi connectivity index (χ4v) is 9.04. The Morgan fingerprint density at radius 2 is 1.66 bits per heavy atom. The lowest BCUT2D eigenvalue weighted by Gasteiger charge is -2.37. The molecule has 1 aromatic heterocycles. The van der Waals surface area contributed by atoms with Gasteiger partial charge in [0, 0.05) is 18.7 Å². The highest BCUT2D eigenvalue weighted by atomic mass is 32.2. The van der Waals surface area contributed by atoms with Crippen LogP contribution in [0.3, 0.4) is 0 Å². The van der Waals surface area contributed by atoms with Crippen LogP contribution in [-0.2, 0) is 4.79 Å². The van der Waals surface area contributed by atoms with Gasteiger partial charge in [0.1, 0.15) is 0 Å². The van der Waals surface area contributed by atoms with E-state index in [0.717, 1.165) is 53.2 Å². The van der Waals surface area contributed by atoms with Gasteiger partial charge in [-0.3, -0.25) is 4.79 Å². The van der Waals surface area contributed by atoms with Crippen molar-refractivity contribution < 1.29 is 4.79 Å². The summed E-state index contributed by atoms with van der Waals surface area (Å²) in [5.74, 6) is 4.60. The summed E-state index contributed by atoms with van der Waals surface area (Å²) in [6, 6.07) is 0. The van der Waals surface area contributed by atoms with E-state index in [1.165, 1.54) is 101 Å². The maximum atomic E-state index is 13.0. The number of amides is 1. The molecule has 2 saturated carbocycles. The molecule has 0 radical (unpaired) electrons. The van der Waals surface area contributed by atoms with E-state index in [0.29, 0.717) is 6.42 Å². The van der Waals surface area contributed by atoms with E-state index < -0.39 is 0 Å². The molecule has 0 spiro atoms. The number of thioether (sulfide) groups is 1. The van der Waals surface area contributed by atoms with E-state index in [2.05, 4.69) is 24.1 Å². The summed E-state index contributed by atoms with van der Waals surface area (Å²) in [5, 5.41) is 3.97. The monoisotopic (exact) mass is 519 g/mol. The van der Waals surface area contributed by atoms with Crippen LogP contribution in [0, 0.1) is 30.6 Å². The van der Waals surface area contributed by atoms with E-state index in [-0.39, 0.29) is 5.91 Å². The molecule has 1 saturated heterocycles. The van der Waals surface area contributed by atoms with Crippen molar-refractivity contribution in [3.05, 3.63) is 5.69 Å². The first-order valence-electron chi connectivity index (χ1n) is 14.7. The van der Waals surface area contributed by atoms with Gasteiger partial charge in [-0.25, -0.2) is 4.98 Å². The Hall–Kier alpha value is -0.590. The Morgan fingerprint density at radius 1 is 1.00 bits per heavy atom. The molecule has 6 heteroatoms. The number of piperidine rings is 1. The van der Waals surface area contributed by atoms with Crippen molar-refractivity contribution >= 4 is 34.1 Å². The number of aromatic nitrogens is 1. The Morgan fingerprint density at radius 3 is 2.37 bits per heavy atom. The third kappa shape index (κ3) is 8.74. The predicted octanol–water partition coefficient (Wildman–Crippen LogP) is 8.16. The number of carbonyl (C=O) groups excluding carboxylic acids is 1. The molecule has 1 aliphatic heterocycles. The van der Waals surface area contributed by atoms with E-state index in [1.807, 2.05) is 11.8 Å². The number of nitrogens with zero attached hydrogens (tertiary/aromatic N) is 2. The van der Waals surface area contributed by atoms with Gasteiger partial charge in [0.25, 0.3) is 0 Å². The summed E-state index contributed by atoms with van der Waals surface area (Å²) in [5.41, 5.74) is 1.07. The van der Waals surface area contributed by atoms with Crippen LogP contribution < -0.4 is 5.32 Å². The van der Waals surface area contributed by atoms with Crippen LogP contribution in [0.5, 0.6) is 0 Å². The summed E-state index contributed by atoms with van der Waals surface area (Å²) in [7, 11) is 0. The minimum Gasteiger partial charge on any atom is -0.303 e. The minimum atomic E-state index is 0.173. The van der Waals surface area contributed by atoms with Gasteiger partial charge in [0.05, 0.1) is 9.90 Å². The average Bonchev–Trinajstić information content (AvgIpc) is 3.03. The number of hydrogen-bond donors (Lipinski definition) is 1. The smallest absolute Gasteiger partial charge is 0.226 e. The molecule has 1 aromatic rings. The fraction of sp³-hybridized carbons (Fsp3) is 0.862. The molecule has 4 nitrogen and oxygen atoms in total. The number of thiazole rings is 1. The average molecular weight is 520 g/mol. The number of aryl methyl sites for hydroxylation is 1. The summed E-state index contributed by atoms with van der Waals surface area (Å²) in [6.07, 6.45) is 19.7. The second-order valence-electron chi connectivity index (χ2n) is 11.7. The van der Waals surface area contributed by atoms with Crippen LogP contribution in [0.25, 0.3) is 0 Å². The molecule has 0 aromatic carbocycles. The Kier molecular flexibility index (Phi) is 11.3. The second kappa shape index (κ2) is 14.4. The Balaban J connectivity index is 1.26. The van der Waals surface area contributed by atoms with Gasteiger partial charge in [-0.15, -0.1) is 11.8 Å². The lowest BCUT2D eigenvalue weighted by Crippen LogP contribution is -2.31. The first kappa shape index (κ1) is 27.4. The number of hydrogen-bond acceptors (Lipinski definition) is 5. The third-order valence-corrected chi connectivity index (χ3v) is 11.4. The van der Waals surface area contributed by atoms with Crippen LogP contribution in [-0.4, -0.2) is 41.2 Å². The highest BCUT2D eigenvalue weighted by Crippen LogP contribution is 2.43. The number of anilines is 1. The summed E-state index contributed by atoms with van der Waals surface area (Å²) in [4.78, 5) is 20.3. The minimum absolute atomic E-state index is 0.173. The normalized spacial score (nSPS) is 25.8. The quantitative estimate of drug-likeness (QED) is 0.250. The van der Waals surface area contributed by atoms with Crippen LogP contribution in [0.2, 0.25) is 0 Å². The van der Waals surface area contributed by atoms with Crippen molar-refractivity contribution in [3.8, 4) is 0 Å². The molecular weight excluding hydrogens is 470 g/mol. The summed E-state index contributed by atoms with van der Waals surface area (Å²) in [6.45, 7) is 8.17. The zero-order chi connectivity index (χ0) is 24.5. The lowest BCUT2D eigenvalue weighted by atomic mass is 9.68. The van der Waals surface area contributed by atoms with Crippen molar-refractivity contribution in [2.24, 2.45) is 23.7 Å². The number of rotatable bonds is 10. The molecule has 2 heterocycles. The van der Waals surface area contributed by atoms with Crippen molar-refractivity contribution in [2.45, 2.75) is 114 Å². The maximum absolute atomic E-state index is 13.0. The van der Waals surface area contributed by atoms with Crippen LogP contribution in [0.15, 0.2) is 4.21 Å². The van der Waals surface area contributed by atoms with Gasteiger partial charge in [0.2, 0.25) is 5.91 Å². The van der Waals surface area contributed by atoms with Gasteiger partial charge in [-0.2, -0.15) is 0 Å². The molecular formula is C29H49N3OS2. The fourth-order valence-electron chi connectivity index (χ4n) is 6.81.